The van der Waals surface area contributed by atoms with E-state index in [9.17, 15) is 14.4 Å². The molecule has 1 aromatic heterocycles. The standard InChI is InChI=1S/C25H33N3O6/c1-5-34-25(31)23-17(2)22(18(3)26-23)21(29)16-28(10-9-27-11-13-33-14-12-27)24(30)19-7-6-8-20(15-19)32-4/h6-8,15,26H,5,9-14,16H2,1-4H3. The number of Topliss-reactive ketones (excluding diaryl/α,β-unsaturated/α-hetero) is 1. The second kappa shape index (κ2) is 11.8. The average Bonchev–Trinajstić information content (AvgIpc) is 3.15. The smallest absolute Gasteiger partial charge is 0.355 e. The Balaban J connectivity index is 1.83. The van der Waals surface area contributed by atoms with Gasteiger partial charge in [-0.25, -0.2) is 4.79 Å². The van der Waals surface area contributed by atoms with Gasteiger partial charge in [0.25, 0.3) is 5.91 Å². The van der Waals surface area contributed by atoms with Gasteiger partial charge in [0.15, 0.2) is 5.78 Å². The Labute approximate surface area is 200 Å². The first-order valence-electron chi connectivity index (χ1n) is 11.5. The van der Waals surface area contributed by atoms with Crippen LogP contribution in [0.5, 0.6) is 5.75 Å². The molecular formula is C25H33N3O6. The van der Waals surface area contributed by atoms with Crippen molar-refractivity contribution in [1.29, 1.82) is 0 Å². The maximum atomic E-state index is 13.4. The summed E-state index contributed by atoms with van der Waals surface area (Å²) in [5.74, 6) is -0.419. The number of methoxy groups -OCH3 is 1. The number of nitrogens with zero attached hydrogens (tertiary/aromatic N) is 2. The number of ether oxygens (including phenoxy) is 3. The first-order chi connectivity index (χ1) is 16.3. The molecule has 1 aromatic carbocycles. The number of carbonyl (C=O) groups excluding carboxylic acids is 3. The SMILES string of the molecule is CCOC(=O)c1[nH]c(C)c(C(=O)CN(CCN2CCOCC2)C(=O)c2cccc(OC)c2)c1C. The van der Waals surface area contributed by atoms with E-state index in [0.717, 1.165) is 13.1 Å². The summed E-state index contributed by atoms with van der Waals surface area (Å²) >= 11 is 0. The fraction of sp³-hybridized carbons (Fsp3) is 0.480. The van der Waals surface area contributed by atoms with Crippen LogP contribution in [0.25, 0.3) is 0 Å². The van der Waals surface area contributed by atoms with Crippen molar-refractivity contribution in [2.75, 3.05) is 59.7 Å². The number of benzene rings is 1. The van der Waals surface area contributed by atoms with E-state index in [0.29, 0.717) is 54.4 Å². The fourth-order valence-electron chi connectivity index (χ4n) is 4.11. The van der Waals surface area contributed by atoms with E-state index in [2.05, 4.69) is 9.88 Å². The highest BCUT2D eigenvalue weighted by atomic mass is 16.5. The van der Waals surface area contributed by atoms with Crippen molar-refractivity contribution in [2.45, 2.75) is 20.8 Å². The van der Waals surface area contributed by atoms with Gasteiger partial charge < -0.3 is 24.1 Å². The molecule has 2 aromatic rings. The summed E-state index contributed by atoms with van der Waals surface area (Å²) in [6.07, 6.45) is 0. The first-order valence-corrected chi connectivity index (χ1v) is 11.5. The average molecular weight is 472 g/mol. The molecule has 0 aliphatic carbocycles. The van der Waals surface area contributed by atoms with Crippen LogP contribution in [0, 0.1) is 13.8 Å². The molecule has 1 amide bonds. The topological polar surface area (TPSA) is 101 Å². The van der Waals surface area contributed by atoms with E-state index in [-0.39, 0.29) is 30.5 Å². The predicted octanol–water partition coefficient (Wildman–Crippen LogP) is 2.47. The number of morpholine rings is 1. The summed E-state index contributed by atoms with van der Waals surface area (Å²) in [6.45, 7) is 9.21. The molecule has 2 heterocycles. The lowest BCUT2D eigenvalue weighted by atomic mass is 10.0. The number of hydrogen-bond donors (Lipinski definition) is 1. The number of aromatic amines is 1. The molecule has 1 fully saturated rings. The number of nitrogens with one attached hydrogen (secondary N) is 1. The summed E-state index contributed by atoms with van der Waals surface area (Å²) in [5.41, 5.74) is 2.24. The van der Waals surface area contributed by atoms with E-state index < -0.39 is 5.97 Å². The summed E-state index contributed by atoms with van der Waals surface area (Å²) in [4.78, 5) is 45.8. The summed E-state index contributed by atoms with van der Waals surface area (Å²) in [7, 11) is 1.54. The highest BCUT2D eigenvalue weighted by Crippen LogP contribution is 2.21. The third kappa shape index (κ3) is 6.03. The van der Waals surface area contributed by atoms with Crippen molar-refractivity contribution >= 4 is 17.7 Å². The largest absolute Gasteiger partial charge is 0.497 e. The molecule has 3 rings (SSSR count). The zero-order valence-corrected chi connectivity index (χ0v) is 20.3. The number of aryl methyl sites for hydroxylation is 1. The quantitative estimate of drug-likeness (QED) is 0.420. The Morgan fingerprint density at radius 2 is 1.91 bits per heavy atom. The highest BCUT2D eigenvalue weighted by Gasteiger charge is 2.26. The van der Waals surface area contributed by atoms with Crippen LogP contribution >= 0.6 is 0 Å². The number of aromatic nitrogens is 1. The molecule has 1 N–H and O–H groups in total. The molecule has 9 heteroatoms. The van der Waals surface area contributed by atoms with Crippen molar-refractivity contribution in [2.24, 2.45) is 0 Å². The fourth-order valence-corrected chi connectivity index (χ4v) is 4.11. The molecular weight excluding hydrogens is 438 g/mol. The molecule has 0 radical (unpaired) electrons. The van der Waals surface area contributed by atoms with Crippen LogP contribution in [-0.4, -0.2) is 92.1 Å². The van der Waals surface area contributed by atoms with Crippen molar-refractivity contribution < 1.29 is 28.6 Å². The minimum Gasteiger partial charge on any atom is -0.497 e. The molecule has 0 bridgehead atoms. The minimum atomic E-state index is -0.501. The number of esters is 1. The molecule has 184 valence electrons. The van der Waals surface area contributed by atoms with Crippen LogP contribution in [0.1, 0.15) is 49.4 Å². The molecule has 0 atom stereocenters. The molecule has 34 heavy (non-hydrogen) atoms. The van der Waals surface area contributed by atoms with Crippen molar-refractivity contribution in [3.8, 4) is 5.75 Å². The second-order valence-electron chi connectivity index (χ2n) is 8.18. The molecule has 1 aliphatic heterocycles. The first kappa shape index (κ1) is 25.5. The number of rotatable bonds is 10. The molecule has 0 unspecified atom stereocenters. The van der Waals surface area contributed by atoms with E-state index in [4.69, 9.17) is 14.2 Å². The number of amides is 1. The van der Waals surface area contributed by atoms with Crippen molar-refractivity contribution in [3.63, 3.8) is 0 Å². The van der Waals surface area contributed by atoms with Gasteiger partial charge in [0.2, 0.25) is 0 Å². The highest BCUT2D eigenvalue weighted by molar-refractivity contribution is 6.05. The van der Waals surface area contributed by atoms with Gasteiger partial charge in [0.05, 0.1) is 33.5 Å². The molecule has 0 spiro atoms. The van der Waals surface area contributed by atoms with Gasteiger partial charge in [-0.1, -0.05) is 6.07 Å². The maximum Gasteiger partial charge on any atom is 0.355 e. The Morgan fingerprint density at radius 3 is 2.59 bits per heavy atom. The van der Waals surface area contributed by atoms with Gasteiger partial charge in [0.1, 0.15) is 11.4 Å². The van der Waals surface area contributed by atoms with Gasteiger partial charge >= 0.3 is 5.97 Å². The second-order valence-corrected chi connectivity index (χ2v) is 8.18. The Hall–Kier alpha value is -3.17. The van der Waals surface area contributed by atoms with E-state index in [1.165, 1.54) is 0 Å². The number of ketones is 1. The lowest BCUT2D eigenvalue weighted by Crippen LogP contribution is -2.44. The minimum absolute atomic E-state index is 0.109. The van der Waals surface area contributed by atoms with Gasteiger partial charge in [-0.15, -0.1) is 0 Å². The van der Waals surface area contributed by atoms with E-state index >= 15 is 0 Å². The Kier molecular flexibility index (Phi) is 8.84. The Morgan fingerprint density at radius 1 is 1.18 bits per heavy atom. The van der Waals surface area contributed by atoms with Gasteiger partial charge in [0, 0.05) is 43.0 Å². The molecule has 9 nitrogen and oxygen atoms in total. The van der Waals surface area contributed by atoms with Crippen LogP contribution in [0.3, 0.4) is 0 Å². The summed E-state index contributed by atoms with van der Waals surface area (Å²) in [5, 5.41) is 0. The maximum absolute atomic E-state index is 13.4. The van der Waals surface area contributed by atoms with Crippen LogP contribution in [0.4, 0.5) is 0 Å². The summed E-state index contributed by atoms with van der Waals surface area (Å²) in [6, 6.07) is 6.90. The molecule has 0 saturated carbocycles. The summed E-state index contributed by atoms with van der Waals surface area (Å²) < 4.78 is 15.8. The van der Waals surface area contributed by atoms with Gasteiger partial charge in [-0.05, 0) is 44.5 Å². The monoisotopic (exact) mass is 471 g/mol. The number of hydrogen-bond acceptors (Lipinski definition) is 7. The number of carbonyl (C=O) groups is 3. The third-order valence-corrected chi connectivity index (χ3v) is 5.92. The van der Waals surface area contributed by atoms with Crippen LogP contribution in [-0.2, 0) is 9.47 Å². The Bertz CT molecular complexity index is 1030. The van der Waals surface area contributed by atoms with Crippen LogP contribution in [0.2, 0.25) is 0 Å². The van der Waals surface area contributed by atoms with Crippen molar-refractivity contribution in [3.05, 3.63) is 52.3 Å². The van der Waals surface area contributed by atoms with E-state index in [1.54, 1.807) is 57.0 Å². The van der Waals surface area contributed by atoms with Crippen LogP contribution in [0.15, 0.2) is 24.3 Å². The molecule has 1 saturated heterocycles. The zero-order valence-electron chi connectivity index (χ0n) is 20.3. The lowest BCUT2D eigenvalue weighted by molar-refractivity contribution is 0.0323. The van der Waals surface area contributed by atoms with E-state index in [1.807, 2.05) is 0 Å². The van der Waals surface area contributed by atoms with Crippen LogP contribution < -0.4 is 4.74 Å². The number of H-pyrrole nitrogens is 1. The molecule has 1 aliphatic rings. The third-order valence-electron chi connectivity index (χ3n) is 5.92. The zero-order chi connectivity index (χ0) is 24.7. The predicted molar refractivity (Wildman–Crippen MR) is 127 cm³/mol. The lowest BCUT2D eigenvalue weighted by Gasteiger charge is -2.30. The normalized spacial score (nSPS) is 14.0. The van der Waals surface area contributed by atoms with Gasteiger partial charge in [-0.2, -0.15) is 0 Å². The van der Waals surface area contributed by atoms with Gasteiger partial charge in [-0.3, -0.25) is 14.5 Å². The van der Waals surface area contributed by atoms with Crippen molar-refractivity contribution in [1.82, 2.24) is 14.8 Å².